The second-order valence-corrected chi connectivity index (χ2v) is 7.05. The van der Waals surface area contributed by atoms with Gasteiger partial charge in [-0.05, 0) is 43.7 Å². The molecule has 0 saturated heterocycles. The van der Waals surface area contributed by atoms with Gasteiger partial charge in [0.15, 0.2) is 0 Å². The highest BCUT2D eigenvalue weighted by molar-refractivity contribution is 5.60. The van der Waals surface area contributed by atoms with Gasteiger partial charge in [0, 0.05) is 23.3 Å². The lowest BCUT2D eigenvalue weighted by atomic mass is 10.1. The molecule has 0 aliphatic carbocycles. The lowest BCUT2D eigenvalue weighted by Gasteiger charge is -2.15. The van der Waals surface area contributed by atoms with Crippen LogP contribution in [0, 0.1) is 0 Å². The Morgan fingerprint density at radius 2 is 1.50 bits per heavy atom. The molecule has 0 spiro atoms. The molecule has 3 aromatic rings. The third kappa shape index (κ3) is 6.28. The summed E-state index contributed by atoms with van der Waals surface area (Å²) in [5.74, 6) is 2.69. The molecule has 5 heteroatoms. The summed E-state index contributed by atoms with van der Waals surface area (Å²) in [5.41, 5.74) is 2.59. The van der Waals surface area contributed by atoms with Crippen molar-refractivity contribution < 1.29 is 24.1 Å². The zero-order valence-corrected chi connectivity index (χ0v) is 18.8. The maximum atomic E-state index is 10.8. The van der Waals surface area contributed by atoms with E-state index < -0.39 is 6.10 Å². The number of hydrogen-bond acceptors (Lipinski definition) is 5. The van der Waals surface area contributed by atoms with E-state index in [9.17, 15) is 5.11 Å². The highest BCUT2D eigenvalue weighted by atomic mass is 16.5. The third-order valence-corrected chi connectivity index (χ3v) is 4.83. The Kier molecular flexibility index (Phi) is 8.58. The van der Waals surface area contributed by atoms with Crippen molar-refractivity contribution >= 4 is 6.08 Å². The minimum absolute atomic E-state index is 0.462. The molecule has 0 saturated carbocycles. The Labute approximate surface area is 189 Å². The van der Waals surface area contributed by atoms with Gasteiger partial charge < -0.3 is 24.1 Å². The smallest absolute Gasteiger partial charge is 0.130 e. The maximum Gasteiger partial charge on any atom is 0.130 e. The average Bonchev–Trinajstić information content (AvgIpc) is 2.83. The Balaban J connectivity index is 1.74. The first-order valence-electron chi connectivity index (χ1n) is 10.7. The van der Waals surface area contributed by atoms with Crippen LogP contribution in [-0.2, 0) is 6.61 Å². The highest BCUT2D eigenvalue weighted by Crippen LogP contribution is 2.32. The van der Waals surface area contributed by atoms with Crippen LogP contribution in [0.2, 0.25) is 0 Å². The van der Waals surface area contributed by atoms with Crippen LogP contribution < -0.4 is 18.9 Å². The third-order valence-electron chi connectivity index (χ3n) is 4.83. The fraction of sp³-hybridized carbons (Fsp3) is 0.259. The molecule has 32 heavy (non-hydrogen) atoms. The van der Waals surface area contributed by atoms with E-state index >= 15 is 0 Å². The lowest BCUT2D eigenvalue weighted by Crippen LogP contribution is -2.00. The molecule has 1 unspecified atom stereocenters. The molecule has 168 valence electrons. The van der Waals surface area contributed by atoms with E-state index in [1.807, 2.05) is 80.6 Å². The van der Waals surface area contributed by atoms with Crippen LogP contribution in [0.15, 0.2) is 72.8 Å². The van der Waals surface area contributed by atoms with Gasteiger partial charge in [0.2, 0.25) is 0 Å². The molecule has 0 fully saturated rings. The van der Waals surface area contributed by atoms with Crippen molar-refractivity contribution in [2.45, 2.75) is 26.6 Å². The molecule has 1 atom stereocenters. The van der Waals surface area contributed by atoms with Gasteiger partial charge in [0.25, 0.3) is 0 Å². The number of aliphatic hydroxyl groups excluding tert-OH is 1. The van der Waals surface area contributed by atoms with Gasteiger partial charge in [-0.15, -0.1) is 0 Å². The standard InChI is InChI=1S/C27H30O5/c1-4-30-22-13-11-21(26(17-22)31-5-2)12-16-25(28)24-15-14-23(18-27(24)29-3)32-19-20-9-7-6-8-10-20/h6-18,25,28H,4-5,19H2,1-3H3. The largest absolute Gasteiger partial charge is 0.496 e. The van der Waals surface area contributed by atoms with Crippen LogP contribution in [0.4, 0.5) is 0 Å². The van der Waals surface area contributed by atoms with E-state index in [-0.39, 0.29) is 0 Å². The summed E-state index contributed by atoms with van der Waals surface area (Å²) in [6, 6.07) is 21.1. The normalized spacial score (nSPS) is 11.9. The fourth-order valence-electron chi connectivity index (χ4n) is 3.25. The number of ether oxygens (including phenoxy) is 4. The van der Waals surface area contributed by atoms with Gasteiger partial charge in [-0.2, -0.15) is 0 Å². The van der Waals surface area contributed by atoms with Gasteiger partial charge in [0.05, 0.1) is 20.3 Å². The average molecular weight is 435 g/mol. The summed E-state index contributed by atoms with van der Waals surface area (Å²) in [5, 5.41) is 10.8. The van der Waals surface area contributed by atoms with Crippen LogP contribution >= 0.6 is 0 Å². The van der Waals surface area contributed by atoms with Crippen LogP contribution in [0.1, 0.15) is 36.6 Å². The van der Waals surface area contributed by atoms with Crippen molar-refractivity contribution in [3.05, 3.63) is 89.5 Å². The van der Waals surface area contributed by atoms with E-state index in [4.69, 9.17) is 18.9 Å². The quantitative estimate of drug-likeness (QED) is 0.412. The maximum absolute atomic E-state index is 10.8. The zero-order chi connectivity index (χ0) is 22.8. The van der Waals surface area contributed by atoms with Crippen molar-refractivity contribution in [2.75, 3.05) is 20.3 Å². The van der Waals surface area contributed by atoms with Gasteiger partial charge in [0.1, 0.15) is 35.7 Å². The first-order valence-corrected chi connectivity index (χ1v) is 10.7. The minimum Gasteiger partial charge on any atom is -0.496 e. The van der Waals surface area contributed by atoms with E-state index in [0.717, 1.165) is 16.9 Å². The second kappa shape index (κ2) is 11.8. The van der Waals surface area contributed by atoms with Gasteiger partial charge in [-0.25, -0.2) is 0 Å². The van der Waals surface area contributed by atoms with Crippen LogP contribution in [-0.4, -0.2) is 25.4 Å². The molecule has 0 aliphatic heterocycles. The Morgan fingerprint density at radius 3 is 2.22 bits per heavy atom. The Bertz CT molecular complexity index is 1010. The molecular weight excluding hydrogens is 404 g/mol. The molecule has 0 aliphatic rings. The minimum atomic E-state index is -0.853. The van der Waals surface area contributed by atoms with E-state index in [1.165, 1.54) is 0 Å². The number of rotatable bonds is 11. The van der Waals surface area contributed by atoms with E-state index in [1.54, 1.807) is 19.3 Å². The summed E-state index contributed by atoms with van der Waals surface area (Å²) >= 11 is 0. The number of benzene rings is 3. The first kappa shape index (κ1) is 23.2. The summed E-state index contributed by atoms with van der Waals surface area (Å²) in [6.07, 6.45) is 2.69. The van der Waals surface area contributed by atoms with Crippen molar-refractivity contribution in [1.82, 2.24) is 0 Å². The van der Waals surface area contributed by atoms with Crippen molar-refractivity contribution in [2.24, 2.45) is 0 Å². The molecule has 0 aromatic heterocycles. The summed E-state index contributed by atoms with van der Waals surface area (Å²) < 4.78 is 22.6. The van der Waals surface area contributed by atoms with Gasteiger partial charge in [-0.3, -0.25) is 0 Å². The van der Waals surface area contributed by atoms with E-state index in [2.05, 4.69) is 0 Å². The molecule has 0 heterocycles. The molecule has 5 nitrogen and oxygen atoms in total. The number of methoxy groups -OCH3 is 1. The number of hydrogen-bond donors (Lipinski definition) is 1. The molecule has 1 N–H and O–H groups in total. The first-order chi connectivity index (χ1) is 15.6. The second-order valence-electron chi connectivity index (χ2n) is 7.05. The predicted molar refractivity (Wildman–Crippen MR) is 127 cm³/mol. The lowest BCUT2D eigenvalue weighted by molar-refractivity contribution is 0.223. The topological polar surface area (TPSA) is 57.2 Å². The molecule has 0 amide bonds. The monoisotopic (exact) mass is 434 g/mol. The predicted octanol–water partition coefficient (Wildman–Crippen LogP) is 5.82. The van der Waals surface area contributed by atoms with Gasteiger partial charge in [-0.1, -0.05) is 42.5 Å². The summed E-state index contributed by atoms with van der Waals surface area (Å²) in [6.45, 7) is 5.46. The SMILES string of the molecule is CCOc1ccc(C=CC(O)c2ccc(OCc3ccccc3)cc2OC)c(OCC)c1. The summed E-state index contributed by atoms with van der Waals surface area (Å²) in [4.78, 5) is 0. The zero-order valence-electron chi connectivity index (χ0n) is 18.8. The van der Waals surface area contributed by atoms with E-state index in [0.29, 0.717) is 42.6 Å². The fourth-order valence-corrected chi connectivity index (χ4v) is 3.25. The molecular formula is C27H30O5. The molecule has 3 aromatic carbocycles. The molecule has 0 bridgehead atoms. The van der Waals surface area contributed by atoms with Crippen molar-refractivity contribution in [3.63, 3.8) is 0 Å². The van der Waals surface area contributed by atoms with Crippen molar-refractivity contribution in [3.8, 4) is 23.0 Å². The highest BCUT2D eigenvalue weighted by Gasteiger charge is 2.13. The van der Waals surface area contributed by atoms with Crippen molar-refractivity contribution in [1.29, 1.82) is 0 Å². The van der Waals surface area contributed by atoms with Crippen LogP contribution in [0.25, 0.3) is 6.08 Å². The Hall–Kier alpha value is -3.44. The summed E-state index contributed by atoms with van der Waals surface area (Å²) in [7, 11) is 1.58. The molecule has 0 radical (unpaired) electrons. The molecule has 3 rings (SSSR count). The van der Waals surface area contributed by atoms with Gasteiger partial charge >= 0.3 is 0 Å². The van der Waals surface area contributed by atoms with Crippen LogP contribution in [0.3, 0.4) is 0 Å². The van der Waals surface area contributed by atoms with Crippen LogP contribution in [0.5, 0.6) is 23.0 Å². The number of aliphatic hydroxyl groups is 1. The Morgan fingerprint density at radius 1 is 0.812 bits per heavy atom.